The minimum Gasteiger partial charge on any atom is -0.396 e. The van der Waals surface area contributed by atoms with E-state index in [1.165, 1.54) is 27.9 Å². The lowest BCUT2D eigenvalue weighted by atomic mass is 9.75. The van der Waals surface area contributed by atoms with E-state index in [1.54, 1.807) is 0 Å². The summed E-state index contributed by atoms with van der Waals surface area (Å²) >= 11 is 0. The largest absolute Gasteiger partial charge is 0.396 e. The van der Waals surface area contributed by atoms with E-state index in [4.69, 9.17) is 0 Å². The van der Waals surface area contributed by atoms with E-state index in [2.05, 4.69) is 109 Å². The molecule has 1 fully saturated rings. The van der Waals surface area contributed by atoms with Crippen LogP contribution in [0.25, 0.3) is 0 Å². The fourth-order valence-electron chi connectivity index (χ4n) is 5.36. The third-order valence-corrected chi connectivity index (χ3v) is 7.40. The van der Waals surface area contributed by atoms with Crippen molar-refractivity contribution < 1.29 is 5.11 Å². The molecule has 3 aromatic rings. The van der Waals surface area contributed by atoms with Gasteiger partial charge in [0.25, 0.3) is 0 Å². The van der Waals surface area contributed by atoms with Crippen molar-refractivity contribution in [1.82, 2.24) is 4.90 Å². The van der Waals surface area contributed by atoms with Crippen LogP contribution in [0.5, 0.6) is 0 Å². The molecule has 0 saturated carbocycles. The van der Waals surface area contributed by atoms with Crippen LogP contribution in [0.15, 0.2) is 78.9 Å². The first-order valence-electron chi connectivity index (χ1n) is 12.9. The fraction of sp³-hybridized carbons (Fsp3) is 0.419. The molecule has 0 radical (unpaired) electrons. The zero-order chi connectivity index (χ0) is 23.9. The van der Waals surface area contributed by atoms with E-state index < -0.39 is 0 Å². The third-order valence-electron chi connectivity index (χ3n) is 7.40. The standard InChI is InChI=1S/C31H40N2O/c1-24(2)32-19-21-33(22-20-32)29-17-15-28(16-18-29)31(27-13-11-25(3)12-14-27)30(10-7-23-34)26-8-5-4-6-9-26/h4-6,8-9,11-18,24,30-31,34H,7,10,19-23H2,1-3H3. The summed E-state index contributed by atoms with van der Waals surface area (Å²) in [5.41, 5.74) is 6.64. The van der Waals surface area contributed by atoms with Crippen molar-refractivity contribution in [3.05, 3.63) is 101 Å². The Kier molecular flexibility index (Phi) is 8.42. The molecule has 1 aliphatic heterocycles. The second kappa shape index (κ2) is 11.7. The third kappa shape index (κ3) is 5.89. The first kappa shape index (κ1) is 24.5. The van der Waals surface area contributed by atoms with Gasteiger partial charge in [0.1, 0.15) is 0 Å². The number of rotatable bonds is 9. The lowest BCUT2D eigenvalue weighted by molar-refractivity contribution is 0.209. The van der Waals surface area contributed by atoms with Crippen molar-refractivity contribution in [2.45, 2.75) is 51.5 Å². The molecule has 1 aliphatic rings. The van der Waals surface area contributed by atoms with Crippen LogP contribution in [0, 0.1) is 6.92 Å². The first-order valence-corrected chi connectivity index (χ1v) is 12.9. The fourth-order valence-corrected chi connectivity index (χ4v) is 5.36. The quantitative estimate of drug-likeness (QED) is 0.414. The highest BCUT2D eigenvalue weighted by molar-refractivity contribution is 5.50. The van der Waals surface area contributed by atoms with Crippen molar-refractivity contribution in [1.29, 1.82) is 0 Å². The molecule has 2 unspecified atom stereocenters. The molecular formula is C31H40N2O. The Morgan fingerprint density at radius 1 is 0.735 bits per heavy atom. The Morgan fingerprint density at radius 2 is 1.32 bits per heavy atom. The highest BCUT2D eigenvalue weighted by Crippen LogP contribution is 2.42. The molecule has 0 aliphatic carbocycles. The van der Waals surface area contributed by atoms with Gasteiger partial charge in [0.15, 0.2) is 0 Å². The summed E-state index contributed by atoms with van der Waals surface area (Å²) in [6, 6.07) is 29.8. The molecule has 180 valence electrons. The normalized spacial score (nSPS) is 16.6. The highest BCUT2D eigenvalue weighted by atomic mass is 16.2. The van der Waals surface area contributed by atoms with Crippen LogP contribution < -0.4 is 4.90 Å². The molecule has 0 aromatic heterocycles. The van der Waals surface area contributed by atoms with Gasteiger partial charge >= 0.3 is 0 Å². The number of aliphatic hydroxyl groups excluding tert-OH is 1. The van der Waals surface area contributed by atoms with Gasteiger partial charge in [-0.15, -0.1) is 0 Å². The molecule has 0 spiro atoms. The molecule has 1 heterocycles. The zero-order valence-electron chi connectivity index (χ0n) is 21.0. The molecule has 1 saturated heterocycles. The summed E-state index contributed by atoms with van der Waals surface area (Å²) in [7, 11) is 0. The Bertz CT molecular complexity index is 990. The van der Waals surface area contributed by atoms with Crippen molar-refractivity contribution >= 4 is 5.69 Å². The van der Waals surface area contributed by atoms with Crippen LogP contribution >= 0.6 is 0 Å². The summed E-state index contributed by atoms with van der Waals surface area (Å²) < 4.78 is 0. The van der Waals surface area contributed by atoms with E-state index in [0.29, 0.717) is 12.0 Å². The van der Waals surface area contributed by atoms with E-state index in [0.717, 1.165) is 39.0 Å². The predicted molar refractivity (Wildman–Crippen MR) is 144 cm³/mol. The highest BCUT2D eigenvalue weighted by Gasteiger charge is 2.27. The number of aliphatic hydroxyl groups is 1. The van der Waals surface area contributed by atoms with Gasteiger partial charge in [-0.3, -0.25) is 4.90 Å². The maximum Gasteiger partial charge on any atom is 0.0431 e. The van der Waals surface area contributed by atoms with Crippen molar-refractivity contribution in [2.24, 2.45) is 0 Å². The predicted octanol–water partition coefficient (Wildman–Crippen LogP) is 6.21. The first-order chi connectivity index (χ1) is 16.6. The summed E-state index contributed by atoms with van der Waals surface area (Å²) in [5, 5.41) is 9.65. The number of anilines is 1. The zero-order valence-corrected chi connectivity index (χ0v) is 21.0. The van der Waals surface area contributed by atoms with Crippen molar-refractivity contribution in [3.63, 3.8) is 0 Å². The van der Waals surface area contributed by atoms with Gasteiger partial charge in [0.2, 0.25) is 0 Å². The molecule has 1 N–H and O–H groups in total. The number of benzene rings is 3. The van der Waals surface area contributed by atoms with Crippen LogP contribution in [-0.4, -0.2) is 48.8 Å². The number of aryl methyl sites for hydroxylation is 1. The molecule has 0 bridgehead atoms. The van der Waals surface area contributed by atoms with E-state index in [9.17, 15) is 5.11 Å². The second-order valence-electron chi connectivity index (χ2n) is 9.98. The van der Waals surface area contributed by atoms with Gasteiger partial charge in [-0.2, -0.15) is 0 Å². The van der Waals surface area contributed by atoms with Gasteiger partial charge in [0, 0.05) is 50.4 Å². The van der Waals surface area contributed by atoms with Crippen LogP contribution in [-0.2, 0) is 0 Å². The molecule has 34 heavy (non-hydrogen) atoms. The minimum absolute atomic E-state index is 0.227. The van der Waals surface area contributed by atoms with Gasteiger partial charge < -0.3 is 10.0 Å². The SMILES string of the molecule is Cc1ccc(C(c2ccc(N3CCN(C(C)C)CC3)cc2)C(CCCO)c2ccccc2)cc1. The molecule has 3 aromatic carbocycles. The number of hydrogen-bond donors (Lipinski definition) is 1. The average Bonchev–Trinajstić information content (AvgIpc) is 2.88. The Hall–Kier alpha value is -2.62. The van der Waals surface area contributed by atoms with Crippen molar-refractivity contribution in [2.75, 3.05) is 37.7 Å². The van der Waals surface area contributed by atoms with Crippen LogP contribution in [0.4, 0.5) is 5.69 Å². The monoisotopic (exact) mass is 456 g/mol. The Balaban J connectivity index is 1.64. The van der Waals surface area contributed by atoms with E-state index in [-0.39, 0.29) is 12.5 Å². The molecule has 2 atom stereocenters. The maximum atomic E-state index is 9.65. The van der Waals surface area contributed by atoms with Crippen LogP contribution in [0.1, 0.15) is 60.8 Å². The molecule has 3 nitrogen and oxygen atoms in total. The van der Waals surface area contributed by atoms with Crippen LogP contribution in [0.3, 0.4) is 0 Å². The van der Waals surface area contributed by atoms with Gasteiger partial charge in [-0.1, -0.05) is 72.3 Å². The summed E-state index contributed by atoms with van der Waals surface area (Å²) in [5.74, 6) is 0.567. The Morgan fingerprint density at radius 3 is 1.88 bits per heavy atom. The number of nitrogens with zero attached hydrogens (tertiary/aromatic N) is 2. The minimum atomic E-state index is 0.227. The smallest absolute Gasteiger partial charge is 0.0431 e. The maximum absolute atomic E-state index is 9.65. The summed E-state index contributed by atoms with van der Waals surface area (Å²) in [6.45, 7) is 11.4. The van der Waals surface area contributed by atoms with Gasteiger partial charge in [-0.25, -0.2) is 0 Å². The lowest BCUT2D eigenvalue weighted by Crippen LogP contribution is -2.48. The van der Waals surface area contributed by atoms with E-state index in [1.807, 2.05) is 0 Å². The Labute approximate surface area is 206 Å². The van der Waals surface area contributed by atoms with Gasteiger partial charge in [-0.05, 0) is 68.4 Å². The van der Waals surface area contributed by atoms with Gasteiger partial charge in [0.05, 0.1) is 0 Å². The molecule has 4 rings (SSSR count). The molecule has 3 heteroatoms. The lowest BCUT2D eigenvalue weighted by Gasteiger charge is -2.38. The molecular weight excluding hydrogens is 416 g/mol. The number of piperazine rings is 1. The summed E-state index contributed by atoms with van der Waals surface area (Å²) in [6.07, 6.45) is 1.76. The number of hydrogen-bond acceptors (Lipinski definition) is 3. The second-order valence-corrected chi connectivity index (χ2v) is 9.98. The van der Waals surface area contributed by atoms with E-state index >= 15 is 0 Å². The average molecular weight is 457 g/mol. The van der Waals surface area contributed by atoms with Crippen molar-refractivity contribution in [3.8, 4) is 0 Å². The topological polar surface area (TPSA) is 26.7 Å². The molecule has 0 amide bonds. The van der Waals surface area contributed by atoms with Crippen LogP contribution in [0.2, 0.25) is 0 Å². The summed E-state index contributed by atoms with van der Waals surface area (Å²) in [4.78, 5) is 5.08.